The van der Waals surface area contributed by atoms with Crippen LogP contribution in [-0.2, 0) is 4.79 Å². The molecule has 1 aliphatic carbocycles. The van der Waals surface area contributed by atoms with Crippen molar-refractivity contribution >= 4 is 11.7 Å². The number of H-pyrrole nitrogens is 1. The number of rotatable bonds is 5. The highest BCUT2D eigenvalue weighted by atomic mass is 19.3. The predicted octanol–water partition coefficient (Wildman–Crippen LogP) is 3.74. The number of anilines is 1. The zero-order chi connectivity index (χ0) is 20.1. The molecule has 146 valence electrons. The average Bonchev–Trinajstić information content (AvgIpc) is 3.01. The summed E-state index contributed by atoms with van der Waals surface area (Å²) in [6, 6.07) is 4.36. The molecular formula is C18H15F4N5O. The van der Waals surface area contributed by atoms with Crippen LogP contribution in [0.2, 0.25) is 0 Å². The number of alkyl halides is 2. The topological polar surface area (TPSA) is 75.6 Å². The first-order valence-electron chi connectivity index (χ1n) is 8.48. The van der Waals surface area contributed by atoms with E-state index in [1.54, 1.807) is 6.92 Å². The molecule has 4 rings (SSSR count). The fourth-order valence-corrected chi connectivity index (χ4v) is 2.89. The summed E-state index contributed by atoms with van der Waals surface area (Å²) in [7, 11) is 0. The molecule has 0 saturated heterocycles. The Kier molecular flexibility index (Phi) is 4.20. The van der Waals surface area contributed by atoms with Crippen LogP contribution in [-0.4, -0.2) is 31.8 Å². The third-order valence-corrected chi connectivity index (χ3v) is 4.66. The number of benzene rings is 1. The molecule has 0 radical (unpaired) electrons. The highest BCUT2D eigenvalue weighted by Crippen LogP contribution is 2.55. The number of carbonyl (C=O) groups excluding carboxylic acids is 1. The van der Waals surface area contributed by atoms with E-state index in [9.17, 15) is 22.4 Å². The second-order valence-corrected chi connectivity index (χ2v) is 6.78. The van der Waals surface area contributed by atoms with Crippen LogP contribution < -0.4 is 5.32 Å². The number of amides is 1. The third kappa shape index (κ3) is 3.49. The summed E-state index contributed by atoms with van der Waals surface area (Å²) in [4.78, 5) is 12.4. The maximum Gasteiger partial charge on any atom is 0.257 e. The van der Waals surface area contributed by atoms with E-state index >= 15 is 0 Å². The summed E-state index contributed by atoms with van der Waals surface area (Å²) in [6.45, 7) is 1.62. The zero-order valence-electron chi connectivity index (χ0n) is 14.6. The summed E-state index contributed by atoms with van der Waals surface area (Å²) in [5.74, 6) is -6.05. The lowest BCUT2D eigenvalue weighted by molar-refractivity contribution is -0.117. The number of hydrogen-bond acceptors (Lipinski definition) is 3. The van der Waals surface area contributed by atoms with Crippen molar-refractivity contribution in [3.05, 3.63) is 59.6 Å². The molecule has 2 heterocycles. The Morgan fingerprint density at radius 2 is 1.96 bits per heavy atom. The van der Waals surface area contributed by atoms with E-state index in [1.807, 2.05) is 0 Å². The van der Waals surface area contributed by atoms with E-state index in [0.29, 0.717) is 5.56 Å². The quantitative estimate of drug-likeness (QED) is 0.649. The van der Waals surface area contributed by atoms with Gasteiger partial charge < -0.3 is 5.32 Å². The molecule has 10 heteroatoms. The first kappa shape index (κ1) is 18.2. The number of carbonyl (C=O) groups is 1. The molecule has 28 heavy (non-hydrogen) atoms. The maximum atomic E-state index is 13.4. The van der Waals surface area contributed by atoms with E-state index in [4.69, 9.17) is 0 Å². The Balaban J connectivity index is 1.45. The number of aromatic amines is 1. The molecule has 1 aliphatic rings. The number of hydrogen-bond donors (Lipinski definition) is 2. The van der Waals surface area contributed by atoms with Crippen molar-refractivity contribution in [1.29, 1.82) is 0 Å². The minimum atomic E-state index is -2.73. The van der Waals surface area contributed by atoms with Gasteiger partial charge in [-0.3, -0.25) is 9.89 Å². The average molecular weight is 393 g/mol. The fourth-order valence-electron chi connectivity index (χ4n) is 2.89. The lowest BCUT2D eigenvalue weighted by Gasteiger charge is -2.08. The summed E-state index contributed by atoms with van der Waals surface area (Å²) >= 11 is 0. The lowest BCUT2D eigenvalue weighted by Crippen LogP contribution is -2.18. The van der Waals surface area contributed by atoms with Gasteiger partial charge in [-0.15, -0.1) is 0 Å². The summed E-state index contributed by atoms with van der Waals surface area (Å²) < 4.78 is 54.2. The predicted molar refractivity (Wildman–Crippen MR) is 91.4 cm³/mol. The van der Waals surface area contributed by atoms with Gasteiger partial charge >= 0.3 is 0 Å². The van der Waals surface area contributed by atoms with Gasteiger partial charge in [0.05, 0.1) is 23.7 Å². The molecule has 1 unspecified atom stereocenters. The van der Waals surface area contributed by atoms with Crippen LogP contribution in [0.5, 0.6) is 0 Å². The lowest BCUT2D eigenvalue weighted by atomic mass is 10.0. The van der Waals surface area contributed by atoms with Crippen molar-refractivity contribution in [2.45, 2.75) is 31.1 Å². The van der Waals surface area contributed by atoms with Gasteiger partial charge in [0.2, 0.25) is 5.91 Å². The Bertz CT molecular complexity index is 1020. The monoisotopic (exact) mass is 393 g/mol. The summed E-state index contributed by atoms with van der Waals surface area (Å²) in [5, 5.41) is 12.9. The largest absolute Gasteiger partial charge is 0.309 e. The smallest absolute Gasteiger partial charge is 0.257 e. The minimum Gasteiger partial charge on any atom is -0.309 e. The zero-order valence-corrected chi connectivity index (χ0v) is 14.6. The van der Waals surface area contributed by atoms with Gasteiger partial charge in [0, 0.05) is 36.0 Å². The van der Waals surface area contributed by atoms with Crippen LogP contribution >= 0.6 is 0 Å². The van der Waals surface area contributed by atoms with E-state index in [1.165, 1.54) is 23.1 Å². The molecule has 2 aromatic heterocycles. The Morgan fingerprint density at radius 1 is 1.29 bits per heavy atom. The molecule has 1 aromatic carbocycles. The van der Waals surface area contributed by atoms with Gasteiger partial charge in [-0.1, -0.05) is 0 Å². The number of nitrogens with zero attached hydrogens (tertiary/aromatic N) is 3. The Hall–Kier alpha value is -3.17. The first-order chi connectivity index (χ1) is 13.2. The maximum absolute atomic E-state index is 13.4. The number of halogens is 4. The van der Waals surface area contributed by atoms with Crippen molar-refractivity contribution in [2.24, 2.45) is 0 Å². The molecule has 2 atom stereocenters. The molecule has 1 saturated carbocycles. The van der Waals surface area contributed by atoms with Crippen molar-refractivity contribution in [1.82, 2.24) is 20.0 Å². The van der Waals surface area contributed by atoms with Crippen LogP contribution in [0.4, 0.5) is 23.4 Å². The molecule has 3 aromatic rings. The summed E-state index contributed by atoms with van der Waals surface area (Å²) in [5.41, 5.74) is 0.958. The van der Waals surface area contributed by atoms with Gasteiger partial charge in [0.15, 0.2) is 5.82 Å². The molecule has 0 spiro atoms. The fraction of sp³-hybridized carbons (Fsp3) is 0.278. The van der Waals surface area contributed by atoms with Crippen molar-refractivity contribution in [3.8, 4) is 5.69 Å². The Labute approximate surface area is 156 Å². The molecule has 2 N–H and O–H groups in total. The number of nitrogens with one attached hydrogen (secondary N) is 2. The van der Waals surface area contributed by atoms with Gasteiger partial charge in [-0.25, -0.2) is 22.2 Å². The molecule has 0 bridgehead atoms. The van der Waals surface area contributed by atoms with Crippen molar-refractivity contribution < 1.29 is 22.4 Å². The first-order valence-corrected chi connectivity index (χ1v) is 8.48. The van der Waals surface area contributed by atoms with Crippen LogP contribution in [0.15, 0.2) is 36.7 Å². The van der Waals surface area contributed by atoms with Crippen molar-refractivity contribution in [3.63, 3.8) is 0 Å². The van der Waals surface area contributed by atoms with Crippen LogP contribution in [0, 0.1) is 11.6 Å². The van der Waals surface area contributed by atoms with Gasteiger partial charge in [-0.05, 0) is 19.1 Å². The molecule has 1 fully saturated rings. The highest BCUT2D eigenvalue weighted by molar-refractivity contribution is 5.94. The van der Waals surface area contributed by atoms with Gasteiger partial charge in [-0.2, -0.15) is 10.2 Å². The van der Waals surface area contributed by atoms with Crippen LogP contribution in [0.1, 0.15) is 36.4 Å². The second-order valence-electron chi connectivity index (χ2n) is 6.78. The second kappa shape index (κ2) is 6.47. The summed E-state index contributed by atoms with van der Waals surface area (Å²) in [6.07, 6.45) is 2.66. The number of aromatic nitrogens is 4. The highest BCUT2D eigenvalue weighted by Gasteiger charge is 2.58. The van der Waals surface area contributed by atoms with Crippen LogP contribution in [0.25, 0.3) is 5.69 Å². The van der Waals surface area contributed by atoms with E-state index in [2.05, 4.69) is 20.6 Å². The third-order valence-electron chi connectivity index (χ3n) is 4.66. The molecular weight excluding hydrogens is 378 g/mol. The van der Waals surface area contributed by atoms with Gasteiger partial charge in [0.1, 0.15) is 11.6 Å². The Morgan fingerprint density at radius 3 is 2.61 bits per heavy atom. The van der Waals surface area contributed by atoms with Crippen molar-refractivity contribution in [2.75, 3.05) is 5.32 Å². The van der Waals surface area contributed by atoms with Gasteiger partial charge in [0.25, 0.3) is 5.92 Å². The van der Waals surface area contributed by atoms with E-state index < -0.39 is 35.3 Å². The standard InChI is InChI=1S/C18H15F4N5O/c1-9(10-7-23-27(8-10)13-3-11(19)2-12(20)4-13)17(28)24-16-5-15(25-26-16)14-6-18(14,21)22/h2-5,7-9,14H,6H2,1H3,(H2,24,25,26,28)/t9-,14?/m0/s1. The molecule has 6 nitrogen and oxygen atoms in total. The SMILES string of the molecule is C[C@H](C(=O)Nc1cc(C2CC2(F)F)[nH]n1)c1cnn(-c2cc(F)cc(F)c2)c1. The molecule has 1 amide bonds. The van der Waals surface area contributed by atoms with Crippen LogP contribution in [0.3, 0.4) is 0 Å². The van der Waals surface area contributed by atoms with E-state index in [-0.39, 0.29) is 23.6 Å². The van der Waals surface area contributed by atoms with E-state index in [0.717, 1.165) is 18.2 Å². The minimum absolute atomic E-state index is 0.147. The normalized spacial score (nSPS) is 18.7. The molecule has 0 aliphatic heterocycles.